The normalized spacial score (nSPS) is 18.6. The summed E-state index contributed by atoms with van der Waals surface area (Å²) in [6.07, 6.45) is 0.726. The zero-order chi connectivity index (χ0) is 14.1. The van der Waals surface area contributed by atoms with Gasteiger partial charge >= 0.3 is 6.01 Å². The molecule has 7 heteroatoms. The Balaban J connectivity index is 1.76. The van der Waals surface area contributed by atoms with Crippen molar-refractivity contribution < 1.29 is 9.32 Å². The van der Waals surface area contributed by atoms with Gasteiger partial charge in [-0.15, -0.1) is 0 Å². The molecule has 1 unspecified atom stereocenters. The molecule has 1 aliphatic heterocycles. The molecule has 1 amide bonds. The molecule has 1 aromatic carbocycles. The fourth-order valence-corrected chi connectivity index (χ4v) is 2.32. The molecule has 1 saturated heterocycles. The lowest BCUT2D eigenvalue weighted by Gasteiger charge is -2.09. The zero-order valence-electron chi connectivity index (χ0n) is 10.8. The van der Waals surface area contributed by atoms with Gasteiger partial charge in [-0.05, 0) is 18.6 Å². The number of likely N-dealkylation sites (N-methyl/N-ethyl adjacent to an activating group) is 1. The predicted molar refractivity (Wildman–Crippen MR) is 74.4 cm³/mol. The van der Waals surface area contributed by atoms with Crippen LogP contribution in [0.1, 0.15) is 6.42 Å². The first-order valence-corrected chi connectivity index (χ1v) is 6.62. The van der Waals surface area contributed by atoms with E-state index in [1.807, 2.05) is 12.1 Å². The fraction of sp³-hybridized carbons (Fsp3) is 0.308. The highest BCUT2D eigenvalue weighted by Gasteiger charge is 2.30. The Labute approximate surface area is 120 Å². The van der Waals surface area contributed by atoms with Crippen LogP contribution in [-0.4, -0.2) is 40.6 Å². The number of likely N-dealkylation sites (tertiary alicyclic amines) is 1. The van der Waals surface area contributed by atoms with Gasteiger partial charge in [-0.1, -0.05) is 28.9 Å². The number of nitrogens with one attached hydrogen (secondary N) is 1. The van der Waals surface area contributed by atoms with E-state index in [1.54, 1.807) is 24.1 Å². The summed E-state index contributed by atoms with van der Waals surface area (Å²) >= 11 is 5.92. The summed E-state index contributed by atoms with van der Waals surface area (Å²) in [5, 5.41) is 7.45. The minimum absolute atomic E-state index is 0.0347. The lowest BCUT2D eigenvalue weighted by molar-refractivity contribution is -0.127. The molecule has 1 N–H and O–H groups in total. The van der Waals surface area contributed by atoms with Crippen molar-refractivity contribution in [2.75, 3.05) is 18.9 Å². The van der Waals surface area contributed by atoms with Gasteiger partial charge in [0.2, 0.25) is 11.7 Å². The average molecular weight is 293 g/mol. The van der Waals surface area contributed by atoms with E-state index in [-0.39, 0.29) is 18.0 Å². The largest absolute Gasteiger partial charge is 0.344 e. The quantitative estimate of drug-likeness (QED) is 0.937. The Morgan fingerprint density at radius 2 is 2.35 bits per heavy atom. The van der Waals surface area contributed by atoms with E-state index in [0.29, 0.717) is 10.8 Å². The number of hydrogen-bond acceptors (Lipinski definition) is 5. The van der Waals surface area contributed by atoms with Crippen LogP contribution in [0, 0.1) is 0 Å². The Morgan fingerprint density at radius 3 is 3.05 bits per heavy atom. The number of nitrogens with zero attached hydrogens (tertiary/aromatic N) is 3. The molecule has 6 nitrogen and oxygen atoms in total. The summed E-state index contributed by atoms with van der Waals surface area (Å²) in [4.78, 5) is 17.7. The Morgan fingerprint density at radius 1 is 1.50 bits per heavy atom. The van der Waals surface area contributed by atoms with Crippen LogP contribution in [0.4, 0.5) is 6.01 Å². The molecule has 104 valence electrons. The SMILES string of the molecule is CN1CCC(Nc2nc(-c3cccc(Cl)c3)no2)C1=O. The minimum Gasteiger partial charge on any atom is -0.344 e. The molecule has 20 heavy (non-hydrogen) atoms. The number of halogens is 1. The maximum absolute atomic E-state index is 11.8. The van der Waals surface area contributed by atoms with E-state index in [1.165, 1.54) is 0 Å². The number of carbonyl (C=O) groups is 1. The number of anilines is 1. The lowest BCUT2D eigenvalue weighted by atomic mass is 10.2. The molecular weight excluding hydrogens is 280 g/mol. The molecule has 1 aromatic heterocycles. The second kappa shape index (κ2) is 5.13. The van der Waals surface area contributed by atoms with Crippen LogP contribution in [-0.2, 0) is 4.79 Å². The summed E-state index contributed by atoms with van der Waals surface area (Å²) in [6, 6.07) is 7.13. The molecule has 0 radical (unpaired) electrons. The van der Waals surface area contributed by atoms with E-state index in [0.717, 1.165) is 18.5 Å². The van der Waals surface area contributed by atoms with Crippen LogP contribution in [0.25, 0.3) is 11.4 Å². The van der Waals surface area contributed by atoms with E-state index >= 15 is 0 Å². The molecule has 0 spiro atoms. The summed E-state index contributed by atoms with van der Waals surface area (Å²) in [5.74, 6) is 0.473. The van der Waals surface area contributed by atoms with Crippen molar-refractivity contribution in [3.8, 4) is 11.4 Å². The Bertz CT molecular complexity index is 643. The number of rotatable bonds is 3. The van der Waals surface area contributed by atoms with Gasteiger partial charge in [0.15, 0.2) is 0 Å². The maximum Gasteiger partial charge on any atom is 0.322 e. The van der Waals surface area contributed by atoms with Gasteiger partial charge in [0, 0.05) is 24.2 Å². The Hall–Kier alpha value is -2.08. The molecule has 1 atom stereocenters. The molecule has 0 aliphatic carbocycles. The zero-order valence-corrected chi connectivity index (χ0v) is 11.6. The van der Waals surface area contributed by atoms with Gasteiger partial charge < -0.3 is 14.7 Å². The number of aromatic nitrogens is 2. The molecule has 0 saturated carbocycles. The third-order valence-corrected chi connectivity index (χ3v) is 3.47. The van der Waals surface area contributed by atoms with Crippen molar-refractivity contribution in [2.24, 2.45) is 0 Å². The molecule has 2 aromatic rings. The van der Waals surface area contributed by atoms with Crippen LogP contribution in [0.15, 0.2) is 28.8 Å². The second-order valence-electron chi connectivity index (χ2n) is 4.68. The average Bonchev–Trinajstić information content (AvgIpc) is 3.01. The smallest absolute Gasteiger partial charge is 0.322 e. The van der Waals surface area contributed by atoms with Gasteiger partial charge in [0.25, 0.3) is 0 Å². The van der Waals surface area contributed by atoms with E-state index in [2.05, 4.69) is 15.5 Å². The van der Waals surface area contributed by atoms with Crippen LogP contribution in [0.3, 0.4) is 0 Å². The first kappa shape index (κ1) is 12.9. The van der Waals surface area contributed by atoms with Crippen LogP contribution in [0.2, 0.25) is 5.02 Å². The van der Waals surface area contributed by atoms with Gasteiger partial charge in [-0.25, -0.2) is 0 Å². The molecular formula is C13H13ClN4O2. The molecule has 1 fully saturated rings. The van der Waals surface area contributed by atoms with Crippen molar-refractivity contribution >= 4 is 23.5 Å². The van der Waals surface area contributed by atoms with E-state index in [4.69, 9.17) is 16.1 Å². The minimum atomic E-state index is -0.298. The van der Waals surface area contributed by atoms with Gasteiger partial charge in [-0.2, -0.15) is 4.98 Å². The summed E-state index contributed by atoms with van der Waals surface area (Å²) in [5.41, 5.74) is 0.768. The maximum atomic E-state index is 11.8. The highest BCUT2D eigenvalue weighted by molar-refractivity contribution is 6.30. The lowest BCUT2D eigenvalue weighted by Crippen LogP contribution is -2.31. The summed E-state index contributed by atoms with van der Waals surface area (Å²) in [6.45, 7) is 0.728. The van der Waals surface area contributed by atoms with Crippen molar-refractivity contribution in [3.63, 3.8) is 0 Å². The van der Waals surface area contributed by atoms with Gasteiger partial charge in [0.05, 0.1) is 0 Å². The van der Waals surface area contributed by atoms with E-state index < -0.39 is 0 Å². The third-order valence-electron chi connectivity index (χ3n) is 3.23. The third kappa shape index (κ3) is 2.46. The summed E-state index contributed by atoms with van der Waals surface area (Å²) in [7, 11) is 1.77. The first-order valence-electron chi connectivity index (χ1n) is 6.24. The first-order chi connectivity index (χ1) is 9.63. The molecule has 1 aliphatic rings. The van der Waals surface area contributed by atoms with Crippen molar-refractivity contribution in [1.82, 2.24) is 15.0 Å². The highest BCUT2D eigenvalue weighted by atomic mass is 35.5. The number of carbonyl (C=O) groups excluding carboxylic acids is 1. The second-order valence-corrected chi connectivity index (χ2v) is 5.12. The molecule has 3 rings (SSSR count). The van der Waals surface area contributed by atoms with Crippen LogP contribution < -0.4 is 5.32 Å². The molecule has 2 heterocycles. The fourth-order valence-electron chi connectivity index (χ4n) is 2.13. The van der Waals surface area contributed by atoms with Gasteiger partial charge in [-0.3, -0.25) is 4.79 Å². The standard InChI is InChI=1S/C13H13ClN4O2/c1-18-6-5-10(12(18)19)15-13-16-11(17-20-13)8-3-2-4-9(14)7-8/h2-4,7,10H,5-6H2,1H3,(H,15,16,17). The topological polar surface area (TPSA) is 71.3 Å². The van der Waals surface area contributed by atoms with Crippen molar-refractivity contribution in [2.45, 2.75) is 12.5 Å². The van der Waals surface area contributed by atoms with Gasteiger partial charge in [0.1, 0.15) is 6.04 Å². The highest BCUT2D eigenvalue weighted by Crippen LogP contribution is 2.22. The monoisotopic (exact) mass is 292 g/mol. The van der Waals surface area contributed by atoms with Crippen molar-refractivity contribution in [3.05, 3.63) is 29.3 Å². The predicted octanol–water partition coefficient (Wildman–Crippen LogP) is 2.03. The van der Waals surface area contributed by atoms with Crippen LogP contribution >= 0.6 is 11.6 Å². The number of benzene rings is 1. The molecule has 0 bridgehead atoms. The van der Waals surface area contributed by atoms with Crippen LogP contribution in [0.5, 0.6) is 0 Å². The summed E-state index contributed by atoms with van der Waals surface area (Å²) < 4.78 is 5.12. The Kier molecular flexibility index (Phi) is 3.31. The number of hydrogen-bond donors (Lipinski definition) is 1. The van der Waals surface area contributed by atoms with E-state index in [9.17, 15) is 4.79 Å². The van der Waals surface area contributed by atoms with Crippen molar-refractivity contribution in [1.29, 1.82) is 0 Å². The number of amides is 1.